The zero-order chi connectivity index (χ0) is 22.6. The highest BCUT2D eigenvalue weighted by Gasteiger charge is 2.45. The summed E-state index contributed by atoms with van der Waals surface area (Å²) in [6, 6.07) is 19.6. The minimum Gasteiger partial charge on any atom is -0.497 e. The first kappa shape index (κ1) is 19.9. The Kier molecular flexibility index (Phi) is 4.45. The van der Waals surface area contributed by atoms with Crippen LogP contribution in [0.25, 0.3) is 16.3 Å². The number of thiophene rings is 1. The molecule has 33 heavy (non-hydrogen) atoms. The Morgan fingerprint density at radius 1 is 1.00 bits per heavy atom. The van der Waals surface area contributed by atoms with Gasteiger partial charge >= 0.3 is 5.97 Å². The van der Waals surface area contributed by atoms with Gasteiger partial charge in [0.25, 0.3) is 0 Å². The van der Waals surface area contributed by atoms with Gasteiger partial charge in [-0.1, -0.05) is 30.3 Å². The molecule has 1 atom stereocenters. The number of carbonyl (C=O) groups excluding carboxylic acids is 1. The van der Waals surface area contributed by atoms with E-state index >= 15 is 0 Å². The number of hydrogen-bond acceptors (Lipinski definition) is 6. The molecule has 2 aliphatic heterocycles. The molecule has 0 radical (unpaired) electrons. The van der Waals surface area contributed by atoms with Crippen LogP contribution in [0.3, 0.4) is 0 Å². The minimum absolute atomic E-state index is 0.180. The lowest BCUT2D eigenvalue weighted by Gasteiger charge is -2.39. The number of rotatable bonds is 4. The maximum Gasteiger partial charge on any atom is 0.339 e. The van der Waals surface area contributed by atoms with Crippen LogP contribution in [0.15, 0.2) is 72.1 Å². The highest BCUT2D eigenvalue weighted by molar-refractivity contribution is 7.10. The number of methoxy groups -OCH3 is 2. The van der Waals surface area contributed by atoms with E-state index in [2.05, 4.69) is 12.1 Å². The van der Waals surface area contributed by atoms with Crippen LogP contribution in [0.2, 0.25) is 0 Å². The van der Waals surface area contributed by atoms with Gasteiger partial charge in [0.1, 0.15) is 23.9 Å². The van der Waals surface area contributed by atoms with Crippen LogP contribution in [-0.2, 0) is 10.3 Å². The SMILES string of the molecule is COc1ccc2cc3c4c(c2c1)OC(c1cccs1)(c1ccccc1OC)C=C4COC3=O. The Morgan fingerprint density at radius 3 is 2.67 bits per heavy atom. The summed E-state index contributed by atoms with van der Waals surface area (Å²) in [7, 11) is 3.30. The monoisotopic (exact) mass is 456 g/mol. The third-order valence-corrected chi connectivity index (χ3v) is 7.22. The summed E-state index contributed by atoms with van der Waals surface area (Å²) in [6.07, 6.45) is 2.07. The molecule has 0 aliphatic carbocycles. The highest BCUT2D eigenvalue weighted by atomic mass is 32.1. The Labute approximate surface area is 194 Å². The van der Waals surface area contributed by atoms with E-state index in [-0.39, 0.29) is 12.6 Å². The molecule has 6 heteroatoms. The fourth-order valence-electron chi connectivity index (χ4n) is 4.73. The second-order valence-corrected chi connectivity index (χ2v) is 8.92. The number of carbonyl (C=O) groups is 1. The molecule has 0 spiro atoms. The fourth-order valence-corrected chi connectivity index (χ4v) is 5.57. The first-order chi connectivity index (χ1) is 16.1. The number of fused-ring (bicyclic) bond motifs is 2. The third-order valence-electron chi connectivity index (χ3n) is 6.24. The van der Waals surface area contributed by atoms with Crippen molar-refractivity contribution in [1.29, 1.82) is 0 Å². The summed E-state index contributed by atoms with van der Waals surface area (Å²) >= 11 is 1.61. The lowest BCUT2D eigenvalue weighted by atomic mass is 9.82. The normalized spacial score (nSPS) is 18.7. The van der Waals surface area contributed by atoms with Crippen LogP contribution >= 0.6 is 11.3 Å². The van der Waals surface area contributed by atoms with Gasteiger partial charge in [-0.05, 0) is 47.2 Å². The van der Waals surface area contributed by atoms with Gasteiger partial charge in [0.05, 0.1) is 24.7 Å². The molecule has 1 aromatic heterocycles. The van der Waals surface area contributed by atoms with Crippen LogP contribution in [-0.4, -0.2) is 26.8 Å². The lowest BCUT2D eigenvalue weighted by molar-refractivity contribution is 0.0534. The quantitative estimate of drug-likeness (QED) is 0.363. The summed E-state index contributed by atoms with van der Waals surface area (Å²) in [6.45, 7) is 0.180. The minimum atomic E-state index is -0.943. The number of hydrogen-bond donors (Lipinski definition) is 0. The van der Waals surface area contributed by atoms with Crippen molar-refractivity contribution in [3.05, 3.63) is 93.7 Å². The Balaban J connectivity index is 1.72. The second kappa shape index (κ2) is 7.39. The average molecular weight is 457 g/mol. The van der Waals surface area contributed by atoms with E-state index < -0.39 is 5.60 Å². The molecule has 2 aliphatic rings. The number of cyclic esters (lactones) is 1. The van der Waals surface area contributed by atoms with Crippen LogP contribution < -0.4 is 14.2 Å². The predicted molar refractivity (Wildman–Crippen MR) is 127 cm³/mol. The van der Waals surface area contributed by atoms with E-state index in [0.29, 0.717) is 11.3 Å². The number of para-hydroxylation sites is 1. The van der Waals surface area contributed by atoms with Crippen molar-refractivity contribution in [3.8, 4) is 17.2 Å². The summed E-state index contributed by atoms with van der Waals surface area (Å²) in [4.78, 5) is 13.7. The van der Waals surface area contributed by atoms with Crippen LogP contribution in [0.1, 0.15) is 26.4 Å². The molecule has 0 saturated carbocycles. The Morgan fingerprint density at radius 2 is 1.88 bits per heavy atom. The molecule has 0 fully saturated rings. The maximum atomic E-state index is 12.7. The summed E-state index contributed by atoms with van der Waals surface area (Å²) in [5.41, 5.74) is 2.15. The van der Waals surface area contributed by atoms with Gasteiger partial charge in [0.15, 0.2) is 5.60 Å². The van der Waals surface area contributed by atoms with E-state index in [4.69, 9.17) is 18.9 Å². The van der Waals surface area contributed by atoms with E-state index in [9.17, 15) is 4.79 Å². The maximum absolute atomic E-state index is 12.7. The molecule has 164 valence electrons. The standard InChI is InChI=1S/C27H20O5S/c1-29-18-10-9-16-12-20-24-17(15-31-26(20)28)14-27(23-8-5-11-33-23,32-25(24)19(16)13-18)21-6-3-4-7-22(21)30-2/h3-14H,15H2,1-2H3. The van der Waals surface area contributed by atoms with Crippen molar-refractivity contribution >= 4 is 33.7 Å². The topological polar surface area (TPSA) is 54.0 Å². The summed E-state index contributed by atoms with van der Waals surface area (Å²) < 4.78 is 23.8. The van der Waals surface area contributed by atoms with Crippen LogP contribution in [0.5, 0.6) is 17.2 Å². The van der Waals surface area contributed by atoms with Gasteiger partial charge < -0.3 is 18.9 Å². The number of ether oxygens (including phenoxy) is 4. The molecule has 6 rings (SSSR count). The van der Waals surface area contributed by atoms with Gasteiger partial charge in [-0.2, -0.15) is 0 Å². The molecule has 3 aromatic carbocycles. The molecule has 0 bridgehead atoms. The Hall–Kier alpha value is -3.77. The number of esters is 1. The zero-order valence-electron chi connectivity index (χ0n) is 18.1. The molecular formula is C27H20O5S. The highest BCUT2D eigenvalue weighted by Crippen LogP contribution is 2.52. The van der Waals surface area contributed by atoms with Gasteiger partial charge in [-0.15, -0.1) is 11.3 Å². The molecule has 0 amide bonds. The van der Waals surface area contributed by atoms with Crippen molar-refractivity contribution in [2.45, 2.75) is 5.60 Å². The van der Waals surface area contributed by atoms with Gasteiger partial charge in [-0.3, -0.25) is 0 Å². The van der Waals surface area contributed by atoms with E-state index in [1.54, 1.807) is 25.6 Å². The van der Waals surface area contributed by atoms with Crippen LogP contribution in [0, 0.1) is 0 Å². The zero-order valence-corrected chi connectivity index (χ0v) is 18.9. The smallest absolute Gasteiger partial charge is 0.339 e. The molecule has 5 nitrogen and oxygen atoms in total. The van der Waals surface area contributed by atoms with Crippen molar-refractivity contribution in [3.63, 3.8) is 0 Å². The molecule has 1 unspecified atom stereocenters. The number of benzene rings is 3. The summed E-state index contributed by atoms with van der Waals surface area (Å²) in [5, 5.41) is 3.79. The molecule has 4 aromatic rings. The molecular weight excluding hydrogens is 436 g/mol. The summed E-state index contributed by atoms with van der Waals surface area (Å²) in [5.74, 6) is 1.74. The van der Waals surface area contributed by atoms with Gasteiger partial charge in [0.2, 0.25) is 0 Å². The van der Waals surface area contributed by atoms with E-state index in [1.807, 2.05) is 60.0 Å². The van der Waals surface area contributed by atoms with E-state index in [1.165, 1.54) is 0 Å². The molecule has 3 heterocycles. The van der Waals surface area contributed by atoms with Crippen molar-refractivity contribution < 1.29 is 23.7 Å². The van der Waals surface area contributed by atoms with Crippen molar-refractivity contribution in [2.75, 3.05) is 20.8 Å². The largest absolute Gasteiger partial charge is 0.497 e. The molecule has 0 saturated heterocycles. The predicted octanol–water partition coefficient (Wildman–Crippen LogP) is 5.81. The molecule has 0 N–H and O–H groups in total. The Bertz CT molecular complexity index is 1440. The average Bonchev–Trinajstić information content (AvgIpc) is 3.41. The van der Waals surface area contributed by atoms with Crippen molar-refractivity contribution in [2.24, 2.45) is 0 Å². The first-order valence-corrected chi connectivity index (χ1v) is 11.4. The first-order valence-electron chi connectivity index (χ1n) is 10.5. The van der Waals surface area contributed by atoms with Crippen molar-refractivity contribution in [1.82, 2.24) is 0 Å². The second-order valence-electron chi connectivity index (χ2n) is 7.98. The lowest BCUT2D eigenvalue weighted by Crippen LogP contribution is -2.37. The van der Waals surface area contributed by atoms with E-state index in [0.717, 1.165) is 43.8 Å². The van der Waals surface area contributed by atoms with Gasteiger partial charge in [0, 0.05) is 22.1 Å². The fraction of sp³-hybridized carbons (Fsp3) is 0.148. The van der Waals surface area contributed by atoms with Gasteiger partial charge in [-0.25, -0.2) is 4.79 Å². The van der Waals surface area contributed by atoms with Crippen LogP contribution in [0.4, 0.5) is 0 Å². The third kappa shape index (κ3) is 2.87.